The van der Waals surface area contributed by atoms with E-state index in [2.05, 4.69) is 26.3 Å². The number of urea groups is 1. The van der Waals surface area contributed by atoms with Crippen molar-refractivity contribution in [2.45, 2.75) is 33.4 Å². The number of carbonyl (C=O) groups is 2. The number of hydrogen-bond donors (Lipinski definition) is 3. The Labute approximate surface area is 173 Å². The molecule has 29 heavy (non-hydrogen) atoms. The van der Waals surface area contributed by atoms with Gasteiger partial charge < -0.3 is 16.0 Å². The summed E-state index contributed by atoms with van der Waals surface area (Å²) in [7, 11) is 0. The summed E-state index contributed by atoms with van der Waals surface area (Å²) in [4.78, 5) is 24.2. The predicted molar refractivity (Wildman–Crippen MR) is 113 cm³/mol. The van der Waals surface area contributed by atoms with Crippen LogP contribution < -0.4 is 16.0 Å². The lowest BCUT2D eigenvalue weighted by atomic mass is 10.2. The van der Waals surface area contributed by atoms with Crippen LogP contribution in [0, 0.1) is 6.92 Å². The molecule has 8 nitrogen and oxygen atoms in total. The van der Waals surface area contributed by atoms with Gasteiger partial charge in [0, 0.05) is 28.9 Å². The van der Waals surface area contributed by atoms with Crippen molar-refractivity contribution in [2.75, 3.05) is 11.9 Å². The third-order valence-electron chi connectivity index (χ3n) is 4.32. The molecule has 0 bridgehead atoms. The molecule has 3 aromatic rings. The molecule has 0 aliphatic heterocycles. The van der Waals surface area contributed by atoms with Gasteiger partial charge in [-0.2, -0.15) is 0 Å². The van der Waals surface area contributed by atoms with Gasteiger partial charge in [0.25, 0.3) is 5.91 Å². The fourth-order valence-electron chi connectivity index (χ4n) is 2.81. The molecule has 0 spiro atoms. The standard InChI is InChI=1S/C20H23ClN6O2/c1-12(2)23-19(28)14-7-8-18-17(11-14)25-26-27(18)10-9-22-20(29)24-16-6-4-5-15(21)13(16)3/h4-8,11-12H,9-10H2,1-3H3,(H,23,28)(H2,22,24,29). The summed E-state index contributed by atoms with van der Waals surface area (Å²) in [6.07, 6.45) is 0. The van der Waals surface area contributed by atoms with Crippen molar-refractivity contribution in [1.82, 2.24) is 25.6 Å². The van der Waals surface area contributed by atoms with Crippen LogP contribution in [0.5, 0.6) is 0 Å². The number of carbonyl (C=O) groups excluding carboxylic acids is 2. The fraction of sp³-hybridized carbons (Fsp3) is 0.300. The fourth-order valence-corrected chi connectivity index (χ4v) is 2.98. The lowest BCUT2D eigenvalue weighted by molar-refractivity contribution is 0.0943. The average Bonchev–Trinajstić information content (AvgIpc) is 3.07. The average molecular weight is 415 g/mol. The van der Waals surface area contributed by atoms with E-state index in [1.165, 1.54) is 0 Å². The second-order valence-electron chi connectivity index (χ2n) is 6.94. The Balaban J connectivity index is 1.58. The summed E-state index contributed by atoms with van der Waals surface area (Å²) < 4.78 is 1.68. The van der Waals surface area contributed by atoms with E-state index in [0.717, 1.165) is 11.1 Å². The molecule has 9 heteroatoms. The van der Waals surface area contributed by atoms with Gasteiger partial charge >= 0.3 is 6.03 Å². The van der Waals surface area contributed by atoms with Gasteiger partial charge in [0.2, 0.25) is 0 Å². The van der Waals surface area contributed by atoms with Gasteiger partial charge in [-0.3, -0.25) is 4.79 Å². The Morgan fingerprint density at radius 2 is 2.00 bits per heavy atom. The first-order valence-corrected chi connectivity index (χ1v) is 9.67. The van der Waals surface area contributed by atoms with Crippen LogP contribution in [-0.2, 0) is 6.54 Å². The van der Waals surface area contributed by atoms with Gasteiger partial charge in [-0.05, 0) is 56.7 Å². The number of rotatable bonds is 6. The summed E-state index contributed by atoms with van der Waals surface area (Å²) in [6, 6.07) is 10.3. The zero-order valence-electron chi connectivity index (χ0n) is 16.5. The van der Waals surface area contributed by atoms with Crippen LogP contribution in [0.3, 0.4) is 0 Å². The van der Waals surface area contributed by atoms with E-state index in [0.29, 0.717) is 34.9 Å². The Bertz CT molecular complexity index is 1050. The van der Waals surface area contributed by atoms with Gasteiger partial charge in [-0.15, -0.1) is 5.10 Å². The van der Waals surface area contributed by atoms with Crippen LogP contribution >= 0.6 is 11.6 Å². The van der Waals surface area contributed by atoms with Gasteiger partial charge in [0.15, 0.2) is 0 Å². The van der Waals surface area contributed by atoms with Crippen LogP contribution in [0.4, 0.5) is 10.5 Å². The van der Waals surface area contributed by atoms with Gasteiger partial charge in [-0.1, -0.05) is 22.9 Å². The number of benzene rings is 2. The van der Waals surface area contributed by atoms with Crippen molar-refractivity contribution < 1.29 is 9.59 Å². The van der Waals surface area contributed by atoms with E-state index in [9.17, 15) is 9.59 Å². The number of fused-ring (bicyclic) bond motifs is 1. The zero-order valence-corrected chi connectivity index (χ0v) is 17.2. The van der Waals surface area contributed by atoms with Crippen molar-refractivity contribution in [3.05, 3.63) is 52.5 Å². The Morgan fingerprint density at radius 1 is 1.21 bits per heavy atom. The molecule has 3 amide bonds. The molecule has 2 aromatic carbocycles. The van der Waals surface area contributed by atoms with Crippen molar-refractivity contribution in [3.63, 3.8) is 0 Å². The lowest BCUT2D eigenvalue weighted by Gasteiger charge is -2.11. The highest BCUT2D eigenvalue weighted by Crippen LogP contribution is 2.22. The minimum Gasteiger partial charge on any atom is -0.350 e. The quantitative estimate of drug-likeness (QED) is 0.575. The van der Waals surface area contributed by atoms with Gasteiger partial charge in [0.1, 0.15) is 5.52 Å². The monoisotopic (exact) mass is 414 g/mol. The third-order valence-corrected chi connectivity index (χ3v) is 4.73. The molecule has 0 radical (unpaired) electrons. The summed E-state index contributed by atoms with van der Waals surface area (Å²) in [5, 5.41) is 17.2. The van der Waals surface area contributed by atoms with Crippen LogP contribution in [0.15, 0.2) is 36.4 Å². The maximum absolute atomic E-state index is 12.1. The number of hydrogen-bond acceptors (Lipinski definition) is 4. The number of amides is 3. The second kappa shape index (κ2) is 8.91. The minimum absolute atomic E-state index is 0.0572. The number of halogens is 1. The molecule has 1 aromatic heterocycles. The molecular formula is C20H23ClN6O2. The third kappa shape index (κ3) is 5.03. The topological polar surface area (TPSA) is 101 Å². The van der Waals surface area contributed by atoms with Crippen LogP contribution in [0.25, 0.3) is 11.0 Å². The van der Waals surface area contributed by atoms with Crippen molar-refractivity contribution in [2.24, 2.45) is 0 Å². The van der Waals surface area contributed by atoms with Crippen LogP contribution in [0.2, 0.25) is 5.02 Å². The van der Waals surface area contributed by atoms with E-state index in [1.54, 1.807) is 41.1 Å². The Morgan fingerprint density at radius 3 is 2.76 bits per heavy atom. The molecule has 0 aliphatic rings. The zero-order chi connectivity index (χ0) is 21.0. The van der Waals surface area contributed by atoms with Gasteiger partial charge in [-0.25, -0.2) is 9.48 Å². The van der Waals surface area contributed by atoms with E-state index >= 15 is 0 Å². The molecule has 3 N–H and O–H groups in total. The predicted octanol–water partition coefficient (Wildman–Crippen LogP) is 3.35. The lowest BCUT2D eigenvalue weighted by Crippen LogP contribution is -2.32. The number of anilines is 1. The molecule has 0 saturated heterocycles. The van der Waals surface area contributed by atoms with Crippen LogP contribution in [0.1, 0.15) is 29.8 Å². The number of nitrogens with zero attached hydrogens (tertiary/aromatic N) is 3. The Hall–Kier alpha value is -3.13. The first-order chi connectivity index (χ1) is 13.8. The van der Waals surface area contributed by atoms with Crippen molar-refractivity contribution in [1.29, 1.82) is 0 Å². The van der Waals surface area contributed by atoms with Crippen LogP contribution in [-0.4, -0.2) is 39.5 Å². The molecule has 3 rings (SSSR count). The molecule has 0 aliphatic carbocycles. The first-order valence-electron chi connectivity index (χ1n) is 9.29. The molecule has 0 saturated carbocycles. The highest BCUT2D eigenvalue weighted by Gasteiger charge is 2.11. The highest BCUT2D eigenvalue weighted by molar-refractivity contribution is 6.31. The minimum atomic E-state index is -0.326. The maximum atomic E-state index is 12.1. The summed E-state index contributed by atoms with van der Waals surface area (Å²) in [5.41, 5.74) is 3.42. The summed E-state index contributed by atoms with van der Waals surface area (Å²) >= 11 is 6.06. The highest BCUT2D eigenvalue weighted by atomic mass is 35.5. The molecule has 0 fully saturated rings. The van der Waals surface area contributed by atoms with E-state index in [1.807, 2.05) is 20.8 Å². The molecule has 0 unspecified atom stereocenters. The molecular weight excluding hydrogens is 392 g/mol. The molecule has 0 atom stereocenters. The smallest absolute Gasteiger partial charge is 0.319 e. The number of aromatic nitrogens is 3. The summed E-state index contributed by atoms with van der Waals surface area (Å²) in [6.45, 7) is 6.46. The van der Waals surface area contributed by atoms with Gasteiger partial charge in [0.05, 0.1) is 12.1 Å². The van der Waals surface area contributed by atoms with Crippen molar-refractivity contribution >= 4 is 40.3 Å². The second-order valence-corrected chi connectivity index (χ2v) is 7.34. The SMILES string of the molecule is Cc1c(Cl)cccc1NC(=O)NCCn1nnc2cc(C(=O)NC(C)C)ccc21. The Kier molecular flexibility index (Phi) is 6.33. The number of nitrogens with one attached hydrogen (secondary N) is 3. The first kappa shape index (κ1) is 20.6. The van der Waals surface area contributed by atoms with E-state index in [4.69, 9.17) is 11.6 Å². The maximum Gasteiger partial charge on any atom is 0.319 e. The molecule has 1 heterocycles. The van der Waals surface area contributed by atoms with Crippen molar-refractivity contribution in [3.8, 4) is 0 Å². The van der Waals surface area contributed by atoms with E-state index < -0.39 is 0 Å². The molecule has 152 valence electrons. The normalized spacial score (nSPS) is 10.9. The van der Waals surface area contributed by atoms with E-state index in [-0.39, 0.29) is 18.0 Å². The summed E-state index contributed by atoms with van der Waals surface area (Å²) in [5.74, 6) is -0.147. The largest absolute Gasteiger partial charge is 0.350 e.